The molecule has 0 fully saturated rings. The van der Waals surface area contributed by atoms with Gasteiger partial charge in [0.15, 0.2) is 0 Å². The molecule has 0 unspecified atom stereocenters. The monoisotopic (exact) mass is 469 g/mol. The lowest BCUT2D eigenvalue weighted by atomic mass is 10.1. The number of amides is 4. The SMILES string of the molecule is O=C(O)CC[C@@H](C(=O)O)N(C(=O)CNC(=O)c1ccccc1)C(=O)CNC(=O)c1ccccc1. The first kappa shape index (κ1) is 25.7. The second-order valence-corrected chi connectivity index (χ2v) is 7.04. The Bertz CT molecular complexity index is 989. The smallest absolute Gasteiger partial charge is 0.326 e. The van der Waals surface area contributed by atoms with E-state index in [0.29, 0.717) is 4.90 Å². The molecule has 0 heterocycles. The first-order valence-electron chi connectivity index (χ1n) is 10.2. The van der Waals surface area contributed by atoms with Crippen molar-refractivity contribution in [1.29, 1.82) is 0 Å². The summed E-state index contributed by atoms with van der Waals surface area (Å²) in [5, 5.41) is 23.1. The molecule has 11 nitrogen and oxygen atoms in total. The Morgan fingerprint density at radius 1 is 0.706 bits per heavy atom. The molecule has 2 rings (SSSR count). The molecule has 1 atom stereocenters. The maximum absolute atomic E-state index is 12.8. The van der Waals surface area contributed by atoms with Crippen LogP contribution in [0, 0.1) is 0 Å². The highest BCUT2D eigenvalue weighted by molar-refractivity contribution is 6.04. The first-order valence-corrected chi connectivity index (χ1v) is 10.2. The van der Waals surface area contributed by atoms with E-state index in [9.17, 15) is 33.9 Å². The van der Waals surface area contributed by atoms with Crippen molar-refractivity contribution in [3.63, 3.8) is 0 Å². The molecule has 0 saturated heterocycles. The van der Waals surface area contributed by atoms with Crippen molar-refractivity contribution in [2.24, 2.45) is 0 Å². The number of carbonyl (C=O) groups excluding carboxylic acids is 4. The van der Waals surface area contributed by atoms with Gasteiger partial charge in [0.1, 0.15) is 6.04 Å². The van der Waals surface area contributed by atoms with Gasteiger partial charge in [0.25, 0.3) is 11.8 Å². The third-order valence-corrected chi connectivity index (χ3v) is 4.64. The Kier molecular flexibility index (Phi) is 9.44. The average molecular weight is 469 g/mol. The quantitative estimate of drug-likeness (QED) is 0.369. The van der Waals surface area contributed by atoms with E-state index in [2.05, 4.69) is 10.6 Å². The van der Waals surface area contributed by atoms with Crippen LogP contribution in [-0.4, -0.2) is 69.8 Å². The van der Waals surface area contributed by atoms with Gasteiger partial charge in [0.05, 0.1) is 13.1 Å². The lowest BCUT2D eigenvalue weighted by Gasteiger charge is -2.27. The number of carbonyl (C=O) groups is 6. The summed E-state index contributed by atoms with van der Waals surface area (Å²) in [6, 6.07) is 14.0. The van der Waals surface area contributed by atoms with Crippen LogP contribution < -0.4 is 10.6 Å². The van der Waals surface area contributed by atoms with Crippen LogP contribution in [0.15, 0.2) is 60.7 Å². The van der Waals surface area contributed by atoms with Gasteiger partial charge in [-0.15, -0.1) is 0 Å². The Hall–Kier alpha value is -4.54. The van der Waals surface area contributed by atoms with Gasteiger partial charge in [-0.05, 0) is 30.7 Å². The van der Waals surface area contributed by atoms with Crippen molar-refractivity contribution in [1.82, 2.24) is 15.5 Å². The van der Waals surface area contributed by atoms with Gasteiger partial charge < -0.3 is 20.8 Å². The second-order valence-electron chi connectivity index (χ2n) is 7.04. The number of aliphatic carboxylic acids is 2. The van der Waals surface area contributed by atoms with E-state index in [1.807, 2.05) is 0 Å². The number of hydrogen-bond donors (Lipinski definition) is 4. The molecule has 0 spiro atoms. The standard InChI is InChI=1S/C23H23N3O8/c27-18(13-24-21(31)15-7-3-1-4-8-15)26(17(23(33)34)11-12-20(29)30)19(28)14-25-22(32)16-9-5-2-6-10-16/h1-10,17H,11-14H2,(H,24,31)(H,25,32)(H,29,30)(H,33,34)/t17-/m0/s1. The summed E-state index contributed by atoms with van der Waals surface area (Å²) in [5.74, 6) is -6.32. The predicted molar refractivity (Wildman–Crippen MR) is 118 cm³/mol. The summed E-state index contributed by atoms with van der Waals surface area (Å²) in [7, 11) is 0. The molecule has 34 heavy (non-hydrogen) atoms. The number of rotatable bonds is 11. The van der Waals surface area contributed by atoms with Crippen LogP contribution in [0.1, 0.15) is 33.6 Å². The van der Waals surface area contributed by atoms with Crippen LogP contribution in [-0.2, 0) is 19.2 Å². The minimum Gasteiger partial charge on any atom is -0.481 e. The number of carboxylic acid groups (broad SMARTS) is 2. The maximum atomic E-state index is 12.8. The molecular weight excluding hydrogens is 446 g/mol. The Morgan fingerprint density at radius 3 is 1.47 bits per heavy atom. The van der Waals surface area contributed by atoms with Gasteiger partial charge in [-0.25, -0.2) is 4.79 Å². The highest BCUT2D eigenvalue weighted by Crippen LogP contribution is 2.10. The van der Waals surface area contributed by atoms with Gasteiger partial charge in [0.2, 0.25) is 11.8 Å². The normalized spacial score (nSPS) is 11.1. The molecule has 178 valence electrons. The molecule has 0 aliphatic carbocycles. The summed E-state index contributed by atoms with van der Waals surface area (Å²) >= 11 is 0. The number of imide groups is 1. The van der Waals surface area contributed by atoms with Gasteiger partial charge in [0, 0.05) is 17.5 Å². The summed E-state index contributed by atoms with van der Waals surface area (Å²) in [5.41, 5.74) is 0.480. The van der Waals surface area contributed by atoms with Gasteiger partial charge in [-0.1, -0.05) is 36.4 Å². The number of nitrogens with one attached hydrogen (secondary N) is 2. The molecule has 2 aromatic rings. The van der Waals surface area contributed by atoms with Crippen molar-refractivity contribution in [2.75, 3.05) is 13.1 Å². The van der Waals surface area contributed by atoms with Crippen molar-refractivity contribution in [3.8, 4) is 0 Å². The van der Waals surface area contributed by atoms with E-state index in [4.69, 9.17) is 5.11 Å². The topological polar surface area (TPSA) is 170 Å². The lowest BCUT2D eigenvalue weighted by molar-refractivity contribution is -0.158. The summed E-state index contributed by atoms with van der Waals surface area (Å²) in [6.45, 7) is -1.44. The number of nitrogens with zero attached hydrogens (tertiary/aromatic N) is 1. The lowest BCUT2D eigenvalue weighted by Crippen LogP contribution is -2.54. The molecule has 2 aromatic carbocycles. The van der Waals surface area contributed by atoms with E-state index < -0.39 is 67.5 Å². The number of hydrogen-bond acceptors (Lipinski definition) is 6. The van der Waals surface area contributed by atoms with Crippen molar-refractivity contribution >= 4 is 35.6 Å². The zero-order valence-corrected chi connectivity index (χ0v) is 18.0. The van der Waals surface area contributed by atoms with Crippen LogP contribution in [0.5, 0.6) is 0 Å². The molecule has 4 N–H and O–H groups in total. The predicted octanol–water partition coefficient (Wildman–Crippen LogP) is 0.520. The van der Waals surface area contributed by atoms with E-state index in [1.165, 1.54) is 24.3 Å². The molecule has 0 aliphatic heterocycles. The Morgan fingerprint density at radius 2 is 1.12 bits per heavy atom. The van der Waals surface area contributed by atoms with Crippen LogP contribution in [0.25, 0.3) is 0 Å². The first-order chi connectivity index (χ1) is 16.2. The number of benzene rings is 2. The van der Waals surface area contributed by atoms with Crippen molar-refractivity contribution in [2.45, 2.75) is 18.9 Å². The van der Waals surface area contributed by atoms with E-state index >= 15 is 0 Å². The van der Waals surface area contributed by atoms with Crippen LogP contribution in [0.3, 0.4) is 0 Å². The highest BCUT2D eigenvalue weighted by Gasteiger charge is 2.35. The highest BCUT2D eigenvalue weighted by atomic mass is 16.4. The van der Waals surface area contributed by atoms with E-state index in [1.54, 1.807) is 36.4 Å². The van der Waals surface area contributed by atoms with Crippen LogP contribution in [0.4, 0.5) is 0 Å². The maximum Gasteiger partial charge on any atom is 0.326 e. The third-order valence-electron chi connectivity index (χ3n) is 4.64. The largest absolute Gasteiger partial charge is 0.481 e. The van der Waals surface area contributed by atoms with E-state index in [-0.39, 0.29) is 11.1 Å². The molecule has 11 heteroatoms. The average Bonchev–Trinajstić information content (AvgIpc) is 2.83. The molecule has 0 aromatic heterocycles. The fourth-order valence-corrected chi connectivity index (χ4v) is 2.98. The van der Waals surface area contributed by atoms with Crippen molar-refractivity contribution < 1.29 is 39.0 Å². The third kappa shape index (κ3) is 7.55. The zero-order valence-electron chi connectivity index (χ0n) is 18.0. The molecule has 0 aliphatic rings. The summed E-state index contributed by atoms with van der Waals surface area (Å²) in [6.07, 6.45) is -1.18. The number of carboxylic acids is 2. The molecule has 4 amide bonds. The second kappa shape index (κ2) is 12.5. The summed E-state index contributed by atoms with van der Waals surface area (Å²) < 4.78 is 0. The minimum atomic E-state index is -1.81. The Labute approximate surface area is 194 Å². The van der Waals surface area contributed by atoms with Crippen LogP contribution in [0.2, 0.25) is 0 Å². The van der Waals surface area contributed by atoms with Crippen LogP contribution >= 0.6 is 0 Å². The fourth-order valence-electron chi connectivity index (χ4n) is 2.98. The van der Waals surface area contributed by atoms with Gasteiger partial charge >= 0.3 is 11.9 Å². The van der Waals surface area contributed by atoms with Gasteiger partial charge in [-0.3, -0.25) is 28.9 Å². The zero-order chi connectivity index (χ0) is 25.1. The van der Waals surface area contributed by atoms with E-state index in [0.717, 1.165) is 0 Å². The molecular formula is C23H23N3O8. The summed E-state index contributed by atoms with van der Waals surface area (Å²) in [4.78, 5) is 73.1. The van der Waals surface area contributed by atoms with Gasteiger partial charge in [-0.2, -0.15) is 0 Å². The molecule has 0 bridgehead atoms. The fraction of sp³-hybridized carbons (Fsp3) is 0.217. The van der Waals surface area contributed by atoms with Crippen molar-refractivity contribution in [3.05, 3.63) is 71.8 Å². The molecule has 0 radical (unpaired) electrons. The molecule has 0 saturated carbocycles. The minimum absolute atomic E-state index is 0.240. The Balaban J connectivity index is 2.16.